The van der Waals surface area contributed by atoms with Crippen LogP contribution in [0.25, 0.3) is 0 Å². The first kappa shape index (κ1) is 28.2. The van der Waals surface area contributed by atoms with Crippen LogP contribution in [0.4, 0.5) is 0 Å². The fourth-order valence-electron chi connectivity index (χ4n) is 5.55. The molecule has 3 amide bonds. The molecular weight excluding hydrogens is 522 g/mol. The third-order valence-corrected chi connectivity index (χ3v) is 7.99. The van der Waals surface area contributed by atoms with Crippen molar-refractivity contribution in [2.75, 3.05) is 39.3 Å². The molecule has 2 aliphatic heterocycles. The van der Waals surface area contributed by atoms with Gasteiger partial charge in [0.25, 0.3) is 5.91 Å². The lowest BCUT2D eigenvalue weighted by atomic mass is 9.73. The number of aliphatic carboxylic acids is 1. The van der Waals surface area contributed by atoms with E-state index < -0.39 is 35.4 Å². The average molecular weight is 556 g/mol. The van der Waals surface area contributed by atoms with Gasteiger partial charge < -0.3 is 36.6 Å². The number of nitrogens with zero attached hydrogens (tertiary/aromatic N) is 2. The number of rotatable bonds is 10. The van der Waals surface area contributed by atoms with Crippen LogP contribution in [0.15, 0.2) is 41.1 Å². The average Bonchev–Trinajstić information content (AvgIpc) is 3.47. The molecule has 4 rings (SSSR count). The van der Waals surface area contributed by atoms with Crippen LogP contribution < -0.4 is 21.7 Å². The molecule has 0 radical (unpaired) electrons. The zero-order valence-corrected chi connectivity index (χ0v) is 22.4. The topological polar surface area (TPSA) is 181 Å². The molecule has 1 aromatic carbocycles. The van der Waals surface area contributed by atoms with Crippen LogP contribution in [-0.4, -0.2) is 95.8 Å². The number of amides is 3. The minimum Gasteiger partial charge on any atom is -0.480 e. The Hall–Kier alpha value is -3.81. The Labute approximate surface area is 230 Å². The highest BCUT2D eigenvalue weighted by Gasteiger charge is 2.59. The molecule has 2 saturated heterocycles. The summed E-state index contributed by atoms with van der Waals surface area (Å²) >= 11 is 1.35. The molecule has 3 atom stereocenters. The summed E-state index contributed by atoms with van der Waals surface area (Å²) in [5.74, 6) is -2.58. The van der Waals surface area contributed by atoms with Crippen LogP contribution in [0.2, 0.25) is 0 Å². The van der Waals surface area contributed by atoms with E-state index in [1.807, 2.05) is 6.92 Å². The van der Waals surface area contributed by atoms with Gasteiger partial charge in [0.05, 0.1) is 19.1 Å². The Morgan fingerprint density at radius 2 is 1.74 bits per heavy atom. The first-order valence-corrected chi connectivity index (χ1v) is 13.7. The molecule has 208 valence electrons. The van der Waals surface area contributed by atoms with Crippen LogP contribution >= 0.6 is 11.3 Å². The van der Waals surface area contributed by atoms with E-state index in [-0.39, 0.29) is 49.9 Å². The van der Waals surface area contributed by atoms with E-state index in [9.17, 15) is 24.3 Å². The van der Waals surface area contributed by atoms with Crippen LogP contribution in [0.5, 0.6) is 0 Å². The van der Waals surface area contributed by atoms with Crippen LogP contribution in [-0.2, 0) is 19.9 Å². The number of piperazine rings is 2. The number of hydrogen-bond donors (Lipinski definition) is 6. The van der Waals surface area contributed by atoms with Crippen molar-refractivity contribution in [2.45, 2.75) is 31.0 Å². The van der Waals surface area contributed by atoms with Gasteiger partial charge in [0.2, 0.25) is 11.8 Å². The third kappa shape index (κ3) is 5.37. The number of thiophene rings is 1. The molecular formula is C26H33N7O5S. The summed E-state index contributed by atoms with van der Waals surface area (Å²) in [6.07, 6.45) is 0.272. The summed E-state index contributed by atoms with van der Waals surface area (Å²) in [6.45, 7) is 2.95. The van der Waals surface area contributed by atoms with E-state index in [1.54, 1.807) is 29.0 Å². The molecule has 1 aromatic heterocycles. The molecule has 2 fully saturated rings. The summed E-state index contributed by atoms with van der Waals surface area (Å²) in [5, 5.41) is 31.0. The quantitative estimate of drug-likeness (QED) is 0.171. The molecule has 12 nitrogen and oxygen atoms in total. The summed E-state index contributed by atoms with van der Waals surface area (Å²) in [4.78, 5) is 56.3. The van der Waals surface area contributed by atoms with Gasteiger partial charge in [0.1, 0.15) is 11.4 Å². The van der Waals surface area contributed by atoms with Gasteiger partial charge in [0, 0.05) is 37.3 Å². The first-order valence-electron chi connectivity index (χ1n) is 12.7. The maximum absolute atomic E-state index is 13.6. The zero-order valence-electron chi connectivity index (χ0n) is 21.6. The summed E-state index contributed by atoms with van der Waals surface area (Å²) in [7, 11) is 0. The summed E-state index contributed by atoms with van der Waals surface area (Å²) < 4.78 is 0. The number of amidine groups is 1. The number of nitrogens with one attached hydrogen (secondary N) is 4. The fourth-order valence-corrected chi connectivity index (χ4v) is 6.27. The molecule has 13 heteroatoms. The number of hydrogen-bond acceptors (Lipinski definition) is 8. The molecule has 3 heterocycles. The molecule has 0 spiro atoms. The first-order chi connectivity index (χ1) is 18.7. The lowest BCUT2D eigenvalue weighted by molar-refractivity contribution is -0.167. The number of nitrogen functional groups attached to an aromatic ring is 1. The highest BCUT2D eigenvalue weighted by Crippen LogP contribution is 2.42. The lowest BCUT2D eigenvalue weighted by Crippen LogP contribution is -2.75. The second-order valence-corrected chi connectivity index (χ2v) is 10.3. The number of carbonyl (C=O) groups is 4. The molecule has 2 aliphatic rings. The number of carbonyl (C=O) groups excluding carboxylic acids is 3. The van der Waals surface area contributed by atoms with Gasteiger partial charge in [-0.2, -0.15) is 11.3 Å². The summed E-state index contributed by atoms with van der Waals surface area (Å²) in [5.41, 5.74) is 5.23. The van der Waals surface area contributed by atoms with Crippen molar-refractivity contribution in [1.29, 1.82) is 5.41 Å². The van der Waals surface area contributed by atoms with Crippen molar-refractivity contribution < 1.29 is 24.3 Å². The molecule has 0 saturated carbocycles. The van der Waals surface area contributed by atoms with Crippen molar-refractivity contribution in [3.63, 3.8) is 0 Å². The normalized spacial score (nSPS) is 19.2. The fraction of sp³-hybridized carbons (Fsp3) is 0.423. The van der Waals surface area contributed by atoms with E-state index in [4.69, 9.17) is 11.1 Å². The molecule has 2 aromatic rings. The molecule has 7 N–H and O–H groups in total. The van der Waals surface area contributed by atoms with Gasteiger partial charge in [-0.1, -0.05) is 19.1 Å². The highest BCUT2D eigenvalue weighted by atomic mass is 32.1. The molecule has 0 aliphatic carbocycles. The minimum atomic E-state index is -1.60. The van der Waals surface area contributed by atoms with Crippen molar-refractivity contribution >= 4 is 40.9 Å². The SMILES string of the molecule is CCC(NC(=O)c1ccc(C(=N)N)cc1)C(c1ccsc1)(C(C(=O)O)N1CCNCC1=O)N1CCNCC1=O. The summed E-state index contributed by atoms with van der Waals surface area (Å²) in [6, 6.07) is 5.61. The van der Waals surface area contributed by atoms with Crippen LogP contribution in [0.3, 0.4) is 0 Å². The maximum atomic E-state index is 13.6. The predicted molar refractivity (Wildman–Crippen MR) is 146 cm³/mol. The van der Waals surface area contributed by atoms with E-state index >= 15 is 0 Å². The highest BCUT2D eigenvalue weighted by molar-refractivity contribution is 7.08. The number of carboxylic acids is 1. The van der Waals surface area contributed by atoms with Crippen molar-refractivity contribution in [1.82, 2.24) is 25.8 Å². The molecule has 39 heavy (non-hydrogen) atoms. The monoisotopic (exact) mass is 555 g/mol. The maximum Gasteiger partial charge on any atom is 0.329 e. The Morgan fingerprint density at radius 3 is 2.28 bits per heavy atom. The van der Waals surface area contributed by atoms with Gasteiger partial charge in [0.15, 0.2) is 6.04 Å². The smallest absolute Gasteiger partial charge is 0.329 e. The zero-order chi connectivity index (χ0) is 28.2. The Balaban J connectivity index is 1.88. The minimum absolute atomic E-state index is 0.00458. The van der Waals surface area contributed by atoms with Crippen LogP contribution in [0.1, 0.15) is 34.8 Å². The van der Waals surface area contributed by atoms with Crippen molar-refractivity contribution in [2.24, 2.45) is 5.73 Å². The molecule has 3 unspecified atom stereocenters. The Bertz CT molecular complexity index is 1240. The van der Waals surface area contributed by atoms with Crippen molar-refractivity contribution in [3.8, 4) is 0 Å². The van der Waals surface area contributed by atoms with Gasteiger partial charge in [-0.3, -0.25) is 19.8 Å². The standard InChI is InChI=1S/C26H33N7O5S/c1-2-19(31-24(36)17-5-3-16(4-6-17)23(27)28)26(18-7-12-39-15-18,33-11-9-30-14-21(33)35)22(25(37)38)32-10-8-29-13-20(32)34/h3-7,12,15,19,22,29-30H,2,8-11,13-14H2,1H3,(H3,27,28)(H,31,36)(H,37,38). The second kappa shape index (κ2) is 11.9. The van der Waals surface area contributed by atoms with E-state index in [2.05, 4.69) is 16.0 Å². The lowest BCUT2D eigenvalue weighted by Gasteiger charge is -2.55. The van der Waals surface area contributed by atoms with E-state index in [0.29, 0.717) is 24.2 Å². The second-order valence-electron chi connectivity index (χ2n) is 9.49. The third-order valence-electron chi connectivity index (χ3n) is 7.31. The Morgan fingerprint density at radius 1 is 1.10 bits per heavy atom. The predicted octanol–water partition coefficient (Wildman–Crippen LogP) is -0.247. The largest absolute Gasteiger partial charge is 0.480 e. The van der Waals surface area contributed by atoms with Gasteiger partial charge in [-0.05, 0) is 40.9 Å². The number of carboxylic acid groups (broad SMARTS) is 1. The van der Waals surface area contributed by atoms with Crippen LogP contribution in [0, 0.1) is 5.41 Å². The number of benzene rings is 1. The van der Waals surface area contributed by atoms with Gasteiger partial charge >= 0.3 is 5.97 Å². The van der Waals surface area contributed by atoms with E-state index in [0.717, 1.165) is 0 Å². The van der Waals surface area contributed by atoms with Gasteiger partial charge in [-0.15, -0.1) is 0 Å². The molecule has 0 bridgehead atoms. The van der Waals surface area contributed by atoms with Crippen molar-refractivity contribution in [3.05, 3.63) is 57.8 Å². The van der Waals surface area contributed by atoms with Gasteiger partial charge in [-0.25, -0.2) is 4.79 Å². The Kier molecular flexibility index (Phi) is 8.63. The van der Waals surface area contributed by atoms with E-state index in [1.165, 1.54) is 33.3 Å². The number of nitrogens with two attached hydrogens (primary N) is 1.